The number of rotatable bonds is 23. The van der Waals surface area contributed by atoms with Gasteiger partial charge in [0.05, 0.1) is 24.9 Å². The number of unbranched alkanes of at least 4 members (excludes halogenated alkanes) is 8. The Bertz CT molecular complexity index is 847. The van der Waals surface area contributed by atoms with Gasteiger partial charge in [-0.3, -0.25) is 0 Å². The number of aryl methyl sites for hydroxylation is 1. The summed E-state index contributed by atoms with van der Waals surface area (Å²) in [6.45, 7) is 8.23. The van der Waals surface area contributed by atoms with Gasteiger partial charge in [-0.05, 0) is 145 Å². The van der Waals surface area contributed by atoms with Crippen LogP contribution in [0.5, 0.6) is 5.75 Å². The van der Waals surface area contributed by atoms with Crippen molar-refractivity contribution in [3.05, 3.63) is 29.8 Å². The van der Waals surface area contributed by atoms with Gasteiger partial charge in [-0.2, -0.15) is 0 Å². The molecule has 1 aromatic carbocycles. The summed E-state index contributed by atoms with van der Waals surface area (Å²) >= 11 is 0. The van der Waals surface area contributed by atoms with Crippen LogP contribution in [0.3, 0.4) is 0 Å². The van der Waals surface area contributed by atoms with Crippen LogP contribution in [0.2, 0.25) is 0 Å². The summed E-state index contributed by atoms with van der Waals surface area (Å²) in [6, 6.07) is 8.78. The molecule has 0 unspecified atom stereocenters. The van der Waals surface area contributed by atoms with Crippen molar-refractivity contribution in [3.8, 4) is 5.75 Å². The zero-order valence-corrected chi connectivity index (χ0v) is 30.2. The first-order chi connectivity index (χ1) is 22.7. The molecule has 0 heterocycles. The van der Waals surface area contributed by atoms with Gasteiger partial charge in [0, 0.05) is 19.8 Å². The van der Waals surface area contributed by atoms with E-state index in [2.05, 4.69) is 38.1 Å². The maximum atomic E-state index is 6.28. The van der Waals surface area contributed by atoms with Gasteiger partial charge in [0.25, 0.3) is 0 Å². The summed E-state index contributed by atoms with van der Waals surface area (Å²) in [5, 5.41) is 0. The average Bonchev–Trinajstić information content (AvgIpc) is 3.09. The van der Waals surface area contributed by atoms with Crippen molar-refractivity contribution >= 4 is 0 Å². The number of hydrogen-bond donors (Lipinski definition) is 0. The van der Waals surface area contributed by atoms with Crippen molar-refractivity contribution in [2.45, 2.75) is 186 Å². The van der Waals surface area contributed by atoms with Crippen molar-refractivity contribution in [1.82, 2.24) is 0 Å². The molecule has 4 rings (SSSR count). The summed E-state index contributed by atoms with van der Waals surface area (Å²) in [6.07, 6.45) is 32.2. The molecular weight excluding hydrogens is 568 g/mol. The first-order valence-corrected chi connectivity index (χ1v) is 20.3. The molecule has 3 aliphatic rings. The number of hydrogen-bond acceptors (Lipinski definition) is 4. The molecule has 0 aliphatic heterocycles. The van der Waals surface area contributed by atoms with E-state index in [9.17, 15) is 0 Å². The highest BCUT2D eigenvalue weighted by molar-refractivity contribution is 5.27. The molecule has 4 heteroatoms. The van der Waals surface area contributed by atoms with E-state index in [1.54, 1.807) is 0 Å². The van der Waals surface area contributed by atoms with Gasteiger partial charge in [0.2, 0.25) is 0 Å². The van der Waals surface area contributed by atoms with E-state index < -0.39 is 0 Å². The SMILES string of the molecule is CCCCCCCc1ccc(OCCCCCCOC2CCC(OCCCCOC3CCC(C4CCC(C)CC4)CC3)CC2)cc1. The van der Waals surface area contributed by atoms with Crippen LogP contribution >= 0.6 is 0 Å². The van der Waals surface area contributed by atoms with E-state index >= 15 is 0 Å². The Morgan fingerprint density at radius 3 is 1.46 bits per heavy atom. The summed E-state index contributed by atoms with van der Waals surface area (Å²) in [5.74, 6) is 3.98. The van der Waals surface area contributed by atoms with Crippen molar-refractivity contribution in [2.75, 3.05) is 26.4 Å². The molecule has 264 valence electrons. The fourth-order valence-corrected chi connectivity index (χ4v) is 8.24. The lowest BCUT2D eigenvalue weighted by Gasteiger charge is -2.37. The highest BCUT2D eigenvalue weighted by Crippen LogP contribution is 2.40. The molecule has 0 aromatic heterocycles. The minimum atomic E-state index is 0.436. The normalized spacial score (nSPS) is 27.1. The van der Waals surface area contributed by atoms with Gasteiger partial charge in [-0.1, -0.05) is 70.9 Å². The quantitative estimate of drug-likeness (QED) is 0.112. The molecule has 0 atom stereocenters. The molecule has 1 aromatic rings. The average molecular weight is 641 g/mol. The van der Waals surface area contributed by atoms with Crippen molar-refractivity contribution in [1.29, 1.82) is 0 Å². The second-order valence-corrected chi connectivity index (χ2v) is 15.3. The fraction of sp³-hybridized carbons (Fsp3) is 0.857. The second-order valence-electron chi connectivity index (χ2n) is 15.3. The smallest absolute Gasteiger partial charge is 0.119 e. The largest absolute Gasteiger partial charge is 0.494 e. The molecular formula is C42H72O4. The summed E-state index contributed by atoms with van der Waals surface area (Å²) in [7, 11) is 0. The Morgan fingerprint density at radius 1 is 0.478 bits per heavy atom. The van der Waals surface area contributed by atoms with E-state index in [1.807, 2.05) is 0 Å². The minimum Gasteiger partial charge on any atom is -0.494 e. The highest BCUT2D eigenvalue weighted by atomic mass is 16.5. The molecule has 4 nitrogen and oxygen atoms in total. The third-order valence-corrected chi connectivity index (χ3v) is 11.5. The van der Waals surface area contributed by atoms with Gasteiger partial charge in [-0.25, -0.2) is 0 Å². The van der Waals surface area contributed by atoms with Crippen LogP contribution in [0, 0.1) is 17.8 Å². The zero-order chi connectivity index (χ0) is 32.1. The Hall–Kier alpha value is -1.10. The van der Waals surface area contributed by atoms with Crippen molar-refractivity contribution in [2.24, 2.45) is 17.8 Å². The first-order valence-electron chi connectivity index (χ1n) is 20.3. The molecule has 0 spiro atoms. The molecule has 3 aliphatic carbocycles. The Balaban J connectivity index is 0.886. The fourth-order valence-electron chi connectivity index (χ4n) is 8.24. The van der Waals surface area contributed by atoms with Crippen LogP contribution in [0.4, 0.5) is 0 Å². The monoisotopic (exact) mass is 641 g/mol. The Labute approximate surface area is 284 Å². The topological polar surface area (TPSA) is 36.9 Å². The first kappa shape index (κ1) is 37.7. The molecule has 0 saturated heterocycles. The minimum absolute atomic E-state index is 0.436. The highest BCUT2D eigenvalue weighted by Gasteiger charge is 2.30. The third-order valence-electron chi connectivity index (χ3n) is 11.5. The lowest BCUT2D eigenvalue weighted by molar-refractivity contribution is -0.0355. The van der Waals surface area contributed by atoms with E-state index in [1.165, 1.54) is 108 Å². The third kappa shape index (κ3) is 15.4. The van der Waals surface area contributed by atoms with Crippen LogP contribution in [0.1, 0.15) is 167 Å². The summed E-state index contributed by atoms with van der Waals surface area (Å²) in [4.78, 5) is 0. The van der Waals surface area contributed by atoms with Crippen LogP contribution in [-0.4, -0.2) is 44.7 Å². The molecule has 46 heavy (non-hydrogen) atoms. The summed E-state index contributed by atoms with van der Waals surface area (Å²) in [5.41, 5.74) is 1.44. The lowest BCUT2D eigenvalue weighted by atomic mass is 9.71. The molecule has 3 saturated carbocycles. The molecule has 0 N–H and O–H groups in total. The van der Waals surface area contributed by atoms with Gasteiger partial charge >= 0.3 is 0 Å². The van der Waals surface area contributed by atoms with E-state index in [0.29, 0.717) is 18.3 Å². The van der Waals surface area contributed by atoms with Crippen LogP contribution in [0.15, 0.2) is 24.3 Å². The number of ether oxygens (including phenoxy) is 4. The van der Waals surface area contributed by atoms with Gasteiger partial charge in [0.15, 0.2) is 0 Å². The van der Waals surface area contributed by atoms with Gasteiger partial charge < -0.3 is 18.9 Å². The molecule has 0 amide bonds. The predicted octanol–water partition coefficient (Wildman–Crippen LogP) is 11.7. The van der Waals surface area contributed by atoms with E-state index in [0.717, 1.165) is 101 Å². The van der Waals surface area contributed by atoms with E-state index in [4.69, 9.17) is 18.9 Å². The van der Waals surface area contributed by atoms with Crippen LogP contribution < -0.4 is 4.74 Å². The lowest BCUT2D eigenvalue weighted by Crippen LogP contribution is -2.28. The summed E-state index contributed by atoms with van der Waals surface area (Å²) < 4.78 is 24.7. The predicted molar refractivity (Wildman–Crippen MR) is 193 cm³/mol. The molecule has 0 radical (unpaired) electrons. The van der Waals surface area contributed by atoms with Crippen LogP contribution in [0.25, 0.3) is 0 Å². The second kappa shape index (κ2) is 23.3. The number of benzene rings is 1. The van der Waals surface area contributed by atoms with Crippen molar-refractivity contribution in [3.63, 3.8) is 0 Å². The van der Waals surface area contributed by atoms with Crippen LogP contribution in [-0.2, 0) is 20.6 Å². The Kier molecular flexibility index (Phi) is 19.1. The maximum absolute atomic E-state index is 6.28. The molecule has 0 bridgehead atoms. The maximum Gasteiger partial charge on any atom is 0.119 e. The Morgan fingerprint density at radius 2 is 0.913 bits per heavy atom. The van der Waals surface area contributed by atoms with Gasteiger partial charge in [0.1, 0.15) is 5.75 Å². The van der Waals surface area contributed by atoms with Crippen molar-refractivity contribution < 1.29 is 18.9 Å². The van der Waals surface area contributed by atoms with Gasteiger partial charge in [-0.15, -0.1) is 0 Å². The molecule has 3 fully saturated rings. The zero-order valence-electron chi connectivity index (χ0n) is 30.2. The van der Waals surface area contributed by atoms with E-state index in [-0.39, 0.29) is 0 Å². The standard InChI is InChI=1S/C42H72O4/c1-3-4-5-6-9-14-36-17-23-39(24-18-36)43-31-10-7-8-11-32-44-41-27-29-42(30-28-41)46-34-13-12-33-45-40-25-21-38(22-26-40)37-19-15-35(2)16-20-37/h17-18,23-24,35,37-38,40-42H,3-16,19-22,25-34H2,1-2H3.